The van der Waals surface area contributed by atoms with Gasteiger partial charge in [0.15, 0.2) is 0 Å². The summed E-state index contributed by atoms with van der Waals surface area (Å²) in [5, 5.41) is 17.5. The van der Waals surface area contributed by atoms with Crippen LogP contribution in [0.2, 0.25) is 0 Å². The summed E-state index contributed by atoms with van der Waals surface area (Å²) in [6.07, 6.45) is -3.19. The van der Waals surface area contributed by atoms with E-state index in [0.29, 0.717) is 11.4 Å². The molecule has 0 saturated carbocycles. The molecular weight excluding hydrogens is 411 g/mol. The summed E-state index contributed by atoms with van der Waals surface area (Å²) in [6, 6.07) is 12.6. The van der Waals surface area contributed by atoms with Gasteiger partial charge in [-0.25, -0.2) is 0 Å². The zero-order valence-electron chi connectivity index (χ0n) is 16.7. The number of hydrogen-bond donors (Lipinski definition) is 3. The Morgan fingerprint density at radius 1 is 1.10 bits per heavy atom. The lowest BCUT2D eigenvalue weighted by Gasteiger charge is -2.12. The minimum absolute atomic E-state index is 0.0468. The fraction of sp³-hybridized carbons (Fsp3) is 0.190. The van der Waals surface area contributed by atoms with Gasteiger partial charge in [0.05, 0.1) is 35.2 Å². The van der Waals surface area contributed by atoms with Gasteiger partial charge < -0.3 is 10.1 Å². The zero-order chi connectivity index (χ0) is 22.4. The standard InChI is InChI=1S/C19H14F3N5O2.C2H6/c20-19(21,22)29-16-7-2-1-5-14(16)18(28)23-10-12-8-15(26-25-12)13-6-3-4-11-9-24-27-17(11)13;1-2/h1-9H,10H2,(H,23,28)(H,24,27)(H,25,26);1-2H3. The number of alkyl halides is 3. The van der Waals surface area contributed by atoms with Gasteiger partial charge in [-0.3, -0.25) is 15.0 Å². The molecule has 7 nitrogen and oxygen atoms in total. The molecule has 0 fully saturated rings. The van der Waals surface area contributed by atoms with E-state index in [4.69, 9.17) is 0 Å². The number of carbonyl (C=O) groups excluding carboxylic acids is 1. The molecule has 4 rings (SSSR count). The molecule has 2 aromatic carbocycles. The summed E-state index contributed by atoms with van der Waals surface area (Å²) in [7, 11) is 0. The average molecular weight is 431 g/mol. The molecule has 4 aromatic rings. The van der Waals surface area contributed by atoms with Gasteiger partial charge in [0, 0.05) is 10.9 Å². The molecule has 0 aliphatic rings. The number of carbonyl (C=O) groups is 1. The van der Waals surface area contributed by atoms with Crippen molar-refractivity contribution in [3.05, 3.63) is 66.0 Å². The quantitative estimate of drug-likeness (QED) is 0.423. The van der Waals surface area contributed by atoms with E-state index in [1.165, 1.54) is 18.2 Å². The van der Waals surface area contributed by atoms with Crippen molar-refractivity contribution in [1.29, 1.82) is 0 Å². The van der Waals surface area contributed by atoms with Gasteiger partial charge in [-0.2, -0.15) is 10.2 Å². The molecule has 31 heavy (non-hydrogen) atoms. The van der Waals surface area contributed by atoms with Crippen LogP contribution in [0, 0.1) is 0 Å². The van der Waals surface area contributed by atoms with E-state index in [9.17, 15) is 18.0 Å². The number of nitrogens with one attached hydrogen (secondary N) is 3. The maximum Gasteiger partial charge on any atom is 0.573 e. The Bertz CT molecular complexity index is 1170. The van der Waals surface area contributed by atoms with Gasteiger partial charge in [-0.15, -0.1) is 13.2 Å². The van der Waals surface area contributed by atoms with Crippen molar-refractivity contribution >= 4 is 16.8 Å². The highest BCUT2D eigenvalue weighted by atomic mass is 19.4. The highest BCUT2D eigenvalue weighted by molar-refractivity contribution is 5.97. The minimum atomic E-state index is -4.89. The number of aromatic nitrogens is 4. The molecule has 0 bridgehead atoms. The van der Waals surface area contributed by atoms with Crippen molar-refractivity contribution in [2.75, 3.05) is 0 Å². The highest BCUT2D eigenvalue weighted by Crippen LogP contribution is 2.27. The Labute approximate surface area is 175 Å². The van der Waals surface area contributed by atoms with Crippen LogP contribution in [0.25, 0.3) is 22.2 Å². The van der Waals surface area contributed by atoms with Crippen LogP contribution in [0.15, 0.2) is 54.7 Å². The Hall–Kier alpha value is -3.82. The molecule has 1 amide bonds. The van der Waals surface area contributed by atoms with E-state index >= 15 is 0 Å². The van der Waals surface area contributed by atoms with Crippen molar-refractivity contribution in [2.45, 2.75) is 26.8 Å². The Morgan fingerprint density at radius 3 is 2.65 bits per heavy atom. The molecule has 0 aliphatic heterocycles. The fourth-order valence-electron chi connectivity index (χ4n) is 2.91. The smallest absolute Gasteiger partial charge is 0.405 e. The predicted molar refractivity (Wildman–Crippen MR) is 109 cm³/mol. The Balaban J connectivity index is 0.00000132. The van der Waals surface area contributed by atoms with Crippen molar-refractivity contribution < 1.29 is 22.7 Å². The van der Waals surface area contributed by atoms with Crippen molar-refractivity contribution in [3.63, 3.8) is 0 Å². The first-order chi connectivity index (χ1) is 14.9. The predicted octanol–water partition coefficient (Wildman–Crippen LogP) is 4.81. The van der Waals surface area contributed by atoms with Crippen molar-refractivity contribution in [3.8, 4) is 17.0 Å². The van der Waals surface area contributed by atoms with Crippen LogP contribution in [0.1, 0.15) is 29.9 Å². The molecule has 0 unspecified atom stereocenters. The van der Waals surface area contributed by atoms with Gasteiger partial charge in [0.25, 0.3) is 5.91 Å². The molecule has 162 valence electrons. The number of ether oxygens (including phenoxy) is 1. The molecule has 3 N–H and O–H groups in total. The zero-order valence-corrected chi connectivity index (χ0v) is 16.7. The number of aromatic amines is 2. The lowest BCUT2D eigenvalue weighted by atomic mass is 10.1. The Kier molecular flexibility index (Phi) is 6.58. The summed E-state index contributed by atoms with van der Waals surface area (Å²) in [4.78, 5) is 12.3. The second-order valence-corrected chi connectivity index (χ2v) is 6.14. The molecule has 0 saturated heterocycles. The number of fused-ring (bicyclic) bond motifs is 1. The number of H-pyrrole nitrogens is 2. The summed E-state index contributed by atoms with van der Waals surface area (Å²) >= 11 is 0. The number of nitrogens with zero attached hydrogens (tertiary/aromatic N) is 2. The number of benzene rings is 2. The van der Waals surface area contributed by atoms with Crippen LogP contribution in [0.4, 0.5) is 13.2 Å². The summed E-state index contributed by atoms with van der Waals surface area (Å²) in [5.74, 6) is -1.26. The van der Waals surface area contributed by atoms with Crippen LogP contribution in [-0.4, -0.2) is 32.7 Å². The van der Waals surface area contributed by atoms with Crippen LogP contribution in [0.3, 0.4) is 0 Å². The van der Waals surface area contributed by atoms with E-state index in [1.807, 2.05) is 32.0 Å². The second kappa shape index (κ2) is 9.33. The van der Waals surface area contributed by atoms with Crippen LogP contribution >= 0.6 is 0 Å². The SMILES string of the molecule is CC.O=C(NCc1cc(-c2cccc3cn[nH]c23)n[nH]1)c1ccccc1OC(F)(F)F. The van der Waals surface area contributed by atoms with Crippen LogP contribution in [-0.2, 0) is 6.54 Å². The third-order valence-corrected chi connectivity index (χ3v) is 4.18. The van der Waals surface area contributed by atoms with E-state index in [1.54, 1.807) is 12.3 Å². The van der Waals surface area contributed by atoms with E-state index in [-0.39, 0.29) is 12.1 Å². The fourth-order valence-corrected chi connectivity index (χ4v) is 2.91. The second-order valence-electron chi connectivity index (χ2n) is 6.14. The molecule has 0 aliphatic carbocycles. The number of hydrogen-bond acceptors (Lipinski definition) is 4. The average Bonchev–Trinajstić information content (AvgIpc) is 3.42. The van der Waals surface area contributed by atoms with E-state index in [2.05, 4.69) is 30.4 Å². The van der Waals surface area contributed by atoms with Crippen LogP contribution in [0.5, 0.6) is 5.75 Å². The number of rotatable bonds is 5. The van der Waals surface area contributed by atoms with Gasteiger partial charge in [-0.05, 0) is 18.2 Å². The monoisotopic (exact) mass is 431 g/mol. The largest absolute Gasteiger partial charge is 0.573 e. The molecule has 0 radical (unpaired) electrons. The van der Waals surface area contributed by atoms with Crippen LogP contribution < -0.4 is 10.1 Å². The van der Waals surface area contributed by atoms with Gasteiger partial charge in [0.2, 0.25) is 0 Å². The van der Waals surface area contributed by atoms with Gasteiger partial charge in [0.1, 0.15) is 5.75 Å². The summed E-state index contributed by atoms with van der Waals surface area (Å²) in [6.45, 7) is 4.05. The molecule has 0 atom stereocenters. The van der Waals surface area contributed by atoms with Gasteiger partial charge in [-0.1, -0.05) is 44.2 Å². The third kappa shape index (κ3) is 5.21. The number of para-hydroxylation sites is 2. The molecule has 2 aromatic heterocycles. The van der Waals surface area contributed by atoms with Crippen molar-refractivity contribution in [2.24, 2.45) is 0 Å². The van der Waals surface area contributed by atoms with E-state index < -0.39 is 18.0 Å². The molecule has 2 heterocycles. The lowest BCUT2D eigenvalue weighted by molar-refractivity contribution is -0.274. The Morgan fingerprint density at radius 2 is 1.87 bits per heavy atom. The summed E-state index contributed by atoms with van der Waals surface area (Å²) < 4.78 is 41.4. The van der Waals surface area contributed by atoms with E-state index in [0.717, 1.165) is 22.5 Å². The molecule has 0 spiro atoms. The third-order valence-electron chi connectivity index (χ3n) is 4.18. The first kappa shape index (κ1) is 21.9. The normalized spacial score (nSPS) is 11.0. The number of halogens is 3. The highest BCUT2D eigenvalue weighted by Gasteiger charge is 2.32. The maximum absolute atomic E-state index is 12.5. The summed E-state index contributed by atoms with van der Waals surface area (Å²) in [5.41, 5.74) is 2.67. The first-order valence-electron chi connectivity index (χ1n) is 9.50. The first-order valence-corrected chi connectivity index (χ1v) is 9.50. The maximum atomic E-state index is 12.5. The lowest BCUT2D eigenvalue weighted by Crippen LogP contribution is -2.25. The number of amides is 1. The van der Waals surface area contributed by atoms with Crippen molar-refractivity contribution in [1.82, 2.24) is 25.7 Å². The minimum Gasteiger partial charge on any atom is -0.405 e. The molecular formula is C21H20F3N5O2. The topological polar surface area (TPSA) is 95.7 Å². The molecule has 10 heteroatoms. The van der Waals surface area contributed by atoms with Gasteiger partial charge >= 0.3 is 6.36 Å².